The first-order chi connectivity index (χ1) is 10.1. The SMILES string of the molecule is CCCC(=O)N(C)C(c1ccccc1)c1ccccc1Br. The van der Waals surface area contributed by atoms with Crippen molar-refractivity contribution in [1.29, 1.82) is 0 Å². The van der Waals surface area contributed by atoms with E-state index in [4.69, 9.17) is 0 Å². The summed E-state index contributed by atoms with van der Waals surface area (Å²) in [6, 6.07) is 18.2. The molecule has 3 heteroatoms. The van der Waals surface area contributed by atoms with Crippen LogP contribution in [-0.4, -0.2) is 17.9 Å². The van der Waals surface area contributed by atoms with E-state index in [1.54, 1.807) is 0 Å². The van der Waals surface area contributed by atoms with Crippen LogP contribution in [0.1, 0.15) is 36.9 Å². The summed E-state index contributed by atoms with van der Waals surface area (Å²) < 4.78 is 1.02. The van der Waals surface area contributed by atoms with E-state index in [-0.39, 0.29) is 11.9 Å². The number of benzene rings is 2. The van der Waals surface area contributed by atoms with Crippen LogP contribution in [0.4, 0.5) is 0 Å². The molecule has 2 nitrogen and oxygen atoms in total. The normalized spacial score (nSPS) is 12.0. The zero-order chi connectivity index (χ0) is 15.2. The molecule has 0 saturated carbocycles. The Labute approximate surface area is 134 Å². The van der Waals surface area contributed by atoms with Gasteiger partial charge in [-0.2, -0.15) is 0 Å². The summed E-state index contributed by atoms with van der Waals surface area (Å²) in [5.74, 6) is 0.169. The molecular formula is C18H20BrNO. The number of halogens is 1. The lowest BCUT2D eigenvalue weighted by atomic mass is 9.97. The molecule has 1 atom stereocenters. The molecule has 2 rings (SSSR count). The van der Waals surface area contributed by atoms with Crippen LogP contribution in [-0.2, 0) is 4.79 Å². The number of rotatable bonds is 5. The summed E-state index contributed by atoms with van der Waals surface area (Å²) in [4.78, 5) is 14.2. The van der Waals surface area contributed by atoms with Gasteiger partial charge in [-0.25, -0.2) is 0 Å². The predicted molar refractivity (Wildman–Crippen MR) is 90.1 cm³/mol. The Hall–Kier alpha value is -1.61. The van der Waals surface area contributed by atoms with E-state index in [0.29, 0.717) is 6.42 Å². The van der Waals surface area contributed by atoms with Crippen LogP contribution < -0.4 is 0 Å². The van der Waals surface area contributed by atoms with Crippen molar-refractivity contribution in [3.63, 3.8) is 0 Å². The molecule has 0 heterocycles. The summed E-state index contributed by atoms with van der Waals surface area (Å²) in [6.45, 7) is 2.03. The fourth-order valence-electron chi connectivity index (χ4n) is 2.48. The first-order valence-corrected chi connectivity index (χ1v) is 7.99. The van der Waals surface area contributed by atoms with Crippen molar-refractivity contribution in [1.82, 2.24) is 4.90 Å². The third-order valence-corrected chi connectivity index (χ3v) is 4.28. The number of carbonyl (C=O) groups is 1. The molecule has 110 valence electrons. The van der Waals surface area contributed by atoms with E-state index in [1.807, 2.05) is 55.3 Å². The van der Waals surface area contributed by atoms with E-state index < -0.39 is 0 Å². The quantitative estimate of drug-likeness (QED) is 0.762. The Kier molecular flexibility index (Phi) is 5.57. The Morgan fingerprint density at radius 2 is 1.71 bits per heavy atom. The molecule has 2 aromatic rings. The van der Waals surface area contributed by atoms with Crippen LogP contribution in [0.2, 0.25) is 0 Å². The van der Waals surface area contributed by atoms with Crippen LogP contribution in [0.3, 0.4) is 0 Å². The molecule has 21 heavy (non-hydrogen) atoms. The van der Waals surface area contributed by atoms with Crippen molar-refractivity contribution >= 4 is 21.8 Å². The van der Waals surface area contributed by atoms with Gasteiger partial charge in [0.2, 0.25) is 5.91 Å². The maximum absolute atomic E-state index is 12.4. The highest BCUT2D eigenvalue weighted by atomic mass is 79.9. The lowest BCUT2D eigenvalue weighted by Crippen LogP contribution is -2.31. The van der Waals surface area contributed by atoms with Gasteiger partial charge in [-0.1, -0.05) is 71.4 Å². The van der Waals surface area contributed by atoms with Gasteiger partial charge in [0.1, 0.15) is 0 Å². The molecule has 0 aliphatic heterocycles. The van der Waals surface area contributed by atoms with Gasteiger partial charge in [-0.3, -0.25) is 4.79 Å². The van der Waals surface area contributed by atoms with Gasteiger partial charge in [0.25, 0.3) is 0 Å². The van der Waals surface area contributed by atoms with Crippen LogP contribution in [0, 0.1) is 0 Å². The minimum Gasteiger partial charge on any atom is -0.335 e. The Bertz CT molecular complexity index is 597. The maximum Gasteiger partial charge on any atom is 0.223 e. The standard InChI is InChI=1S/C18H20BrNO/c1-3-9-17(21)20(2)18(14-10-5-4-6-11-14)15-12-7-8-13-16(15)19/h4-8,10-13,18H,3,9H2,1-2H3. The van der Waals surface area contributed by atoms with Gasteiger partial charge in [-0.05, 0) is 23.6 Å². The van der Waals surface area contributed by atoms with Crippen LogP contribution >= 0.6 is 15.9 Å². The average Bonchev–Trinajstić information content (AvgIpc) is 2.50. The van der Waals surface area contributed by atoms with E-state index in [9.17, 15) is 4.79 Å². The smallest absolute Gasteiger partial charge is 0.223 e. The van der Waals surface area contributed by atoms with Crippen molar-refractivity contribution in [3.05, 3.63) is 70.2 Å². The second kappa shape index (κ2) is 7.41. The number of hydrogen-bond acceptors (Lipinski definition) is 1. The third-order valence-electron chi connectivity index (χ3n) is 3.56. The summed E-state index contributed by atoms with van der Waals surface area (Å²) in [6.07, 6.45) is 1.44. The molecule has 0 spiro atoms. The summed E-state index contributed by atoms with van der Waals surface area (Å²) >= 11 is 3.61. The van der Waals surface area contributed by atoms with Crippen LogP contribution in [0.25, 0.3) is 0 Å². The second-order valence-corrected chi connectivity index (χ2v) is 5.94. The van der Waals surface area contributed by atoms with E-state index in [2.05, 4.69) is 34.1 Å². The van der Waals surface area contributed by atoms with E-state index in [1.165, 1.54) is 0 Å². The molecule has 0 N–H and O–H groups in total. The second-order valence-electron chi connectivity index (χ2n) is 5.09. The van der Waals surface area contributed by atoms with E-state index >= 15 is 0 Å². The molecule has 0 saturated heterocycles. The van der Waals surface area contributed by atoms with Gasteiger partial charge in [0.05, 0.1) is 6.04 Å². The van der Waals surface area contributed by atoms with Crippen molar-refractivity contribution in [2.75, 3.05) is 7.05 Å². The lowest BCUT2D eigenvalue weighted by molar-refractivity contribution is -0.131. The third kappa shape index (κ3) is 3.73. The number of amides is 1. The Balaban J connectivity index is 2.45. The first-order valence-electron chi connectivity index (χ1n) is 7.20. The molecular weight excluding hydrogens is 326 g/mol. The zero-order valence-corrected chi connectivity index (χ0v) is 14.0. The lowest BCUT2D eigenvalue weighted by Gasteiger charge is -2.30. The highest BCUT2D eigenvalue weighted by molar-refractivity contribution is 9.10. The number of hydrogen-bond donors (Lipinski definition) is 0. The number of carbonyl (C=O) groups excluding carboxylic acids is 1. The predicted octanol–water partition coefficient (Wildman–Crippen LogP) is 4.80. The molecule has 2 aromatic carbocycles. The zero-order valence-electron chi connectivity index (χ0n) is 12.4. The molecule has 0 fully saturated rings. The molecule has 1 unspecified atom stereocenters. The largest absolute Gasteiger partial charge is 0.335 e. The van der Waals surface area contributed by atoms with Crippen LogP contribution in [0.15, 0.2) is 59.1 Å². The molecule has 0 aliphatic rings. The summed E-state index contributed by atoms with van der Waals surface area (Å²) in [7, 11) is 1.88. The van der Waals surface area contributed by atoms with Crippen LogP contribution in [0.5, 0.6) is 0 Å². The van der Waals surface area contributed by atoms with Crippen molar-refractivity contribution in [3.8, 4) is 0 Å². The molecule has 1 amide bonds. The van der Waals surface area contributed by atoms with Gasteiger partial charge in [-0.15, -0.1) is 0 Å². The number of nitrogens with zero attached hydrogens (tertiary/aromatic N) is 1. The summed E-state index contributed by atoms with van der Waals surface area (Å²) in [5.41, 5.74) is 2.23. The summed E-state index contributed by atoms with van der Waals surface area (Å²) in [5, 5.41) is 0. The highest BCUT2D eigenvalue weighted by Crippen LogP contribution is 2.33. The average molecular weight is 346 g/mol. The Morgan fingerprint density at radius 3 is 2.33 bits per heavy atom. The fourth-order valence-corrected chi connectivity index (χ4v) is 2.98. The van der Waals surface area contributed by atoms with Gasteiger partial charge < -0.3 is 4.90 Å². The molecule has 0 radical (unpaired) electrons. The first kappa shape index (κ1) is 15.8. The highest BCUT2D eigenvalue weighted by Gasteiger charge is 2.24. The van der Waals surface area contributed by atoms with Gasteiger partial charge in [0, 0.05) is 17.9 Å². The Morgan fingerprint density at radius 1 is 1.10 bits per heavy atom. The monoisotopic (exact) mass is 345 g/mol. The topological polar surface area (TPSA) is 20.3 Å². The van der Waals surface area contributed by atoms with Crippen molar-refractivity contribution in [2.45, 2.75) is 25.8 Å². The van der Waals surface area contributed by atoms with Crippen molar-refractivity contribution in [2.24, 2.45) is 0 Å². The van der Waals surface area contributed by atoms with Gasteiger partial charge >= 0.3 is 0 Å². The van der Waals surface area contributed by atoms with E-state index in [0.717, 1.165) is 22.0 Å². The fraction of sp³-hybridized carbons (Fsp3) is 0.278. The molecule has 0 aromatic heterocycles. The minimum atomic E-state index is -0.0687. The molecule has 0 aliphatic carbocycles. The van der Waals surface area contributed by atoms with Crippen molar-refractivity contribution < 1.29 is 4.79 Å². The molecule has 0 bridgehead atoms. The minimum absolute atomic E-state index is 0.0687. The maximum atomic E-state index is 12.4. The van der Waals surface area contributed by atoms with Gasteiger partial charge in [0.15, 0.2) is 0 Å².